The maximum Gasteiger partial charge on any atom is 0.405 e. The molecular formula is C20H24ClF3N4O. The van der Waals surface area contributed by atoms with Gasteiger partial charge in [0.05, 0.1) is 11.1 Å². The van der Waals surface area contributed by atoms with E-state index in [0.717, 1.165) is 37.2 Å². The molecule has 0 aromatic carbocycles. The minimum absolute atomic E-state index is 0.0630. The molecule has 158 valence electrons. The molecule has 9 heteroatoms. The summed E-state index contributed by atoms with van der Waals surface area (Å²) in [6.45, 7) is 2.16. The molecule has 0 radical (unpaired) electrons. The lowest BCUT2D eigenvalue weighted by molar-refractivity contribution is -0.122. The van der Waals surface area contributed by atoms with Gasteiger partial charge in [0.2, 0.25) is 0 Å². The molecule has 2 N–H and O–H groups in total. The molecule has 0 saturated heterocycles. The van der Waals surface area contributed by atoms with E-state index in [1.807, 2.05) is 6.92 Å². The summed E-state index contributed by atoms with van der Waals surface area (Å²) >= 11 is 5.89. The predicted molar refractivity (Wildman–Crippen MR) is 108 cm³/mol. The lowest BCUT2D eigenvalue weighted by Crippen LogP contribution is -2.35. The van der Waals surface area contributed by atoms with Crippen LogP contribution in [0, 0.1) is 0 Å². The Bertz CT molecular complexity index is 833. The second-order valence-corrected chi connectivity index (χ2v) is 7.69. The number of hydrogen-bond donors (Lipinski definition) is 2. The fourth-order valence-electron chi connectivity index (χ4n) is 3.76. The fraction of sp³-hybridized carbons (Fsp3) is 0.500. The number of nitrogens with zero attached hydrogens (tertiary/aromatic N) is 2. The first kappa shape index (κ1) is 21.5. The highest BCUT2D eigenvalue weighted by molar-refractivity contribution is 6.38. The van der Waals surface area contributed by atoms with E-state index in [1.54, 1.807) is 7.05 Å². The van der Waals surface area contributed by atoms with Gasteiger partial charge >= 0.3 is 6.18 Å². The van der Waals surface area contributed by atoms with E-state index in [4.69, 9.17) is 11.6 Å². The maximum absolute atomic E-state index is 12.6. The molecule has 1 atom stereocenters. The SMILES string of the molecule is CN=C1NCCC2=C1CN(C(C)C(C=C(Cl)C=O)=CNCC(F)(F)F)C2=C1CC1. The second kappa shape index (κ2) is 8.65. The summed E-state index contributed by atoms with van der Waals surface area (Å²) < 4.78 is 37.7. The Morgan fingerprint density at radius 1 is 1.34 bits per heavy atom. The molecule has 1 saturated carbocycles. The van der Waals surface area contributed by atoms with Crippen LogP contribution in [0.25, 0.3) is 0 Å². The molecule has 2 aliphatic heterocycles. The van der Waals surface area contributed by atoms with Crippen LogP contribution in [0.4, 0.5) is 13.2 Å². The summed E-state index contributed by atoms with van der Waals surface area (Å²) in [5, 5.41) is 5.55. The van der Waals surface area contributed by atoms with Gasteiger partial charge in [0, 0.05) is 37.6 Å². The summed E-state index contributed by atoms with van der Waals surface area (Å²) in [6, 6.07) is -0.281. The normalized spacial score (nSPS) is 22.7. The van der Waals surface area contributed by atoms with Crippen molar-refractivity contribution in [2.24, 2.45) is 4.99 Å². The van der Waals surface area contributed by atoms with Crippen LogP contribution in [0.2, 0.25) is 0 Å². The molecule has 5 nitrogen and oxygen atoms in total. The van der Waals surface area contributed by atoms with E-state index < -0.39 is 12.7 Å². The van der Waals surface area contributed by atoms with E-state index in [2.05, 4.69) is 20.5 Å². The highest BCUT2D eigenvalue weighted by Crippen LogP contribution is 2.44. The summed E-state index contributed by atoms with van der Waals surface area (Å²) in [5.74, 6) is 0.863. The molecule has 1 aliphatic carbocycles. The zero-order chi connectivity index (χ0) is 21.2. The number of rotatable bonds is 6. The Labute approximate surface area is 173 Å². The Kier molecular flexibility index (Phi) is 6.41. The summed E-state index contributed by atoms with van der Waals surface area (Å²) in [5.41, 5.74) is 5.43. The van der Waals surface area contributed by atoms with Gasteiger partial charge in [-0.15, -0.1) is 0 Å². The average Bonchev–Trinajstić information content (AvgIpc) is 3.44. The first-order valence-corrected chi connectivity index (χ1v) is 9.87. The number of alkyl halides is 3. The molecule has 1 fully saturated rings. The van der Waals surface area contributed by atoms with Gasteiger partial charge in [0.15, 0.2) is 6.29 Å². The van der Waals surface area contributed by atoms with Crippen molar-refractivity contribution in [1.82, 2.24) is 15.5 Å². The smallest absolute Gasteiger partial charge is 0.382 e. The molecule has 0 bridgehead atoms. The van der Waals surface area contributed by atoms with Crippen LogP contribution in [0.1, 0.15) is 26.2 Å². The average molecular weight is 429 g/mol. The van der Waals surface area contributed by atoms with Crippen molar-refractivity contribution < 1.29 is 18.0 Å². The van der Waals surface area contributed by atoms with Crippen molar-refractivity contribution in [2.75, 3.05) is 26.7 Å². The Balaban J connectivity index is 1.91. The molecule has 3 rings (SSSR count). The quantitative estimate of drug-likeness (QED) is 0.387. The molecule has 3 aliphatic rings. The van der Waals surface area contributed by atoms with Crippen LogP contribution in [-0.4, -0.2) is 55.9 Å². The van der Waals surface area contributed by atoms with Gasteiger partial charge in [-0.2, -0.15) is 13.2 Å². The number of hydrogen-bond acceptors (Lipinski definition) is 4. The molecule has 0 spiro atoms. The third-order valence-electron chi connectivity index (χ3n) is 5.22. The van der Waals surface area contributed by atoms with Crippen LogP contribution < -0.4 is 10.6 Å². The topological polar surface area (TPSA) is 56.7 Å². The summed E-state index contributed by atoms with van der Waals surface area (Å²) in [6.07, 6.45) is 1.79. The van der Waals surface area contributed by atoms with Crippen LogP contribution in [-0.2, 0) is 4.79 Å². The number of nitrogens with one attached hydrogen (secondary N) is 2. The van der Waals surface area contributed by atoms with Gasteiger partial charge in [0.1, 0.15) is 12.4 Å². The molecule has 0 amide bonds. The van der Waals surface area contributed by atoms with Crippen molar-refractivity contribution in [3.8, 4) is 0 Å². The molecule has 0 aromatic rings. The van der Waals surface area contributed by atoms with Crippen molar-refractivity contribution in [3.05, 3.63) is 45.3 Å². The third kappa shape index (κ3) is 5.04. The fourth-order valence-corrected chi connectivity index (χ4v) is 3.89. The largest absolute Gasteiger partial charge is 0.405 e. The number of aldehydes is 1. The number of aliphatic imine (C=N–C) groups is 1. The highest BCUT2D eigenvalue weighted by atomic mass is 35.5. The van der Waals surface area contributed by atoms with Gasteiger partial charge in [-0.05, 0) is 49.0 Å². The maximum atomic E-state index is 12.6. The van der Waals surface area contributed by atoms with E-state index >= 15 is 0 Å². The van der Waals surface area contributed by atoms with Crippen molar-refractivity contribution in [1.29, 1.82) is 0 Å². The number of carbonyl (C=O) groups excluding carboxylic acids is 1. The Morgan fingerprint density at radius 3 is 2.66 bits per heavy atom. The lowest BCUT2D eigenvalue weighted by Gasteiger charge is -2.30. The Hall–Kier alpha value is -2.22. The van der Waals surface area contributed by atoms with Crippen LogP contribution >= 0.6 is 11.6 Å². The molecule has 0 aromatic heterocycles. The highest BCUT2D eigenvalue weighted by Gasteiger charge is 2.38. The van der Waals surface area contributed by atoms with E-state index in [0.29, 0.717) is 18.4 Å². The summed E-state index contributed by atoms with van der Waals surface area (Å²) in [7, 11) is 1.74. The number of carbonyl (C=O) groups is 1. The van der Waals surface area contributed by atoms with Crippen LogP contribution in [0.15, 0.2) is 50.3 Å². The van der Waals surface area contributed by atoms with Crippen molar-refractivity contribution in [3.63, 3.8) is 0 Å². The van der Waals surface area contributed by atoms with E-state index in [1.165, 1.54) is 29.1 Å². The van der Waals surface area contributed by atoms with Crippen LogP contribution in [0.5, 0.6) is 0 Å². The van der Waals surface area contributed by atoms with Crippen molar-refractivity contribution in [2.45, 2.75) is 38.4 Å². The number of amidine groups is 1. The lowest BCUT2D eigenvalue weighted by atomic mass is 10.0. The Morgan fingerprint density at radius 2 is 2.07 bits per heavy atom. The van der Waals surface area contributed by atoms with Gasteiger partial charge in [-0.1, -0.05) is 11.6 Å². The van der Waals surface area contributed by atoms with Gasteiger partial charge < -0.3 is 15.5 Å². The van der Waals surface area contributed by atoms with E-state index in [-0.39, 0.29) is 11.1 Å². The molecule has 2 heterocycles. The zero-order valence-electron chi connectivity index (χ0n) is 16.4. The van der Waals surface area contributed by atoms with Crippen LogP contribution in [0.3, 0.4) is 0 Å². The second-order valence-electron chi connectivity index (χ2n) is 7.25. The molecular weight excluding hydrogens is 405 g/mol. The minimum atomic E-state index is -4.34. The zero-order valence-corrected chi connectivity index (χ0v) is 17.1. The third-order valence-corrected chi connectivity index (χ3v) is 5.41. The van der Waals surface area contributed by atoms with Gasteiger partial charge in [-0.3, -0.25) is 9.79 Å². The molecule has 29 heavy (non-hydrogen) atoms. The molecule has 1 unspecified atom stereocenters. The minimum Gasteiger partial charge on any atom is -0.382 e. The first-order chi connectivity index (χ1) is 13.7. The number of allylic oxidation sites excluding steroid dienone is 3. The standard InChI is InChI=1S/C20H24ClF3N4O/c1-12(14(7-15(21)10-29)8-26-11-20(22,23)24)28-9-17-16(18(28)13-3-4-13)5-6-27-19(17)25-2/h7-8,10,12,26H,3-6,9,11H2,1-2H3,(H,25,27). The van der Waals surface area contributed by atoms with Crippen molar-refractivity contribution >= 4 is 23.7 Å². The predicted octanol–water partition coefficient (Wildman–Crippen LogP) is 3.41. The van der Waals surface area contributed by atoms with Gasteiger partial charge in [-0.25, -0.2) is 0 Å². The summed E-state index contributed by atoms with van der Waals surface area (Å²) in [4.78, 5) is 17.5. The van der Waals surface area contributed by atoms with E-state index in [9.17, 15) is 18.0 Å². The monoisotopic (exact) mass is 428 g/mol. The first-order valence-electron chi connectivity index (χ1n) is 9.49. The number of halogens is 4. The van der Waals surface area contributed by atoms with Gasteiger partial charge in [0.25, 0.3) is 0 Å².